The van der Waals surface area contributed by atoms with Gasteiger partial charge in [0, 0.05) is 0 Å². The number of allylic oxidation sites excluding steroid dienone is 1. The van der Waals surface area contributed by atoms with E-state index in [9.17, 15) is 0 Å². The Balaban J connectivity index is 1.94. The zero-order chi connectivity index (χ0) is 8.65. The molecule has 1 saturated heterocycles. The van der Waals surface area contributed by atoms with Crippen molar-refractivity contribution in [3.05, 3.63) is 12.7 Å². The highest BCUT2D eigenvalue weighted by Crippen LogP contribution is 2.12. The molecule has 0 amide bonds. The summed E-state index contributed by atoms with van der Waals surface area (Å²) in [5.74, 6) is 0. The lowest BCUT2D eigenvalue weighted by Crippen LogP contribution is -2.24. The smallest absolute Gasteiger partial charge is 0.157 e. The molecule has 0 aromatic carbocycles. The summed E-state index contributed by atoms with van der Waals surface area (Å²) in [5.41, 5.74) is 0. The lowest BCUT2D eigenvalue weighted by Gasteiger charge is -2.22. The van der Waals surface area contributed by atoms with Crippen LogP contribution in [0.25, 0.3) is 0 Å². The highest BCUT2D eigenvalue weighted by Gasteiger charge is 2.12. The Morgan fingerprint density at radius 3 is 2.67 bits per heavy atom. The van der Waals surface area contributed by atoms with E-state index in [1.54, 1.807) is 0 Å². The van der Waals surface area contributed by atoms with Crippen LogP contribution in [0.5, 0.6) is 0 Å². The van der Waals surface area contributed by atoms with Crippen molar-refractivity contribution < 1.29 is 9.47 Å². The molecule has 1 heterocycles. The molecule has 0 bridgehead atoms. The summed E-state index contributed by atoms with van der Waals surface area (Å²) in [6, 6.07) is 0. The Morgan fingerprint density at radius 2 is 2.00 bits per heavy atom. The first-order valence-corrected chi connectivity index (χ1v) is 4.77. The van der Waals surface area contributed by atoms with E-state index in [-0.39, 0.29) is 6.29 Å². The van der Waals surface area contributed by atoms with Crippen molar-refractivity contribution in [2.24, 2.45) is 0 Å². The van der Waals surface area contributed by atoms with Crippen molar-refractivity contribution in [1.82, 2.24) is 0 Å². The number of unbranched alkanes of at least 4 members (excludes halogenated alkanes) is 2. The standard InChI is InChI=1S/C10H18O2/c1-2-3-4-5-7-10-11-8-6-9-12-10/h2,10H,1,3-9H2. The molecule has 2 nitrogen and oxygen atoms in total. The minimum absolute atomic E-state index is 0.0727. The third-order valence-electron chi connectivity index (χ3n) is 1.99. The van der Waals surface area contributed by atoms with E-state index >= 15 is 0 Å². The van der Waals surface area contributed by atoms with Crippen LogP contribution >= 0.6 is 0 Å². The summed E-state index contributed by atoms with van der Waals surface area (Å²) in [6.07, 6.45) is 7.60. The van der Waals surface area contributed by atoms with Gasteiger partial charge in [-0.25, -0.2) is 0 Å². The molecule has 1 rings (SSSR count). The van der Waals surface area contributed by atoms with Gasteiger partial charge in [0.05, 0.1) is 13.2 Å². The molecule has 70 valence electrons. The molecule has 1 fully saturated rings. The van der Waals surface area contributed by atoms with Gasteiger partial charge in [0.1, 0.15) is 0 Å². The van der Waals surface area contributed by atoms with Crippen LogP contribution in [0.3, 0.4) is 0 Å². The molecule has 1 aliphatic rings. The van der Waals surface area contributed by atoms with E-state index in [2.05, 4.69) is 6.58 Å². The van der Waals surface area contributed by atoms with Gasteiger partial charge in [-0.15, -0.1) is 6.58 Å². The van der Waals surface area contributed by atoms with E-state index < -0.39 is 0 Å². The van der Waals surface area contributed by atoms with Gasteiger partial charge in [-0.1, -0.05) is 6.08 Å². The third-order valence-corrected chi connectivity index (χ3v) is 1.99. The largest absolute Gasteiger partial charge is 0.353 e. The highest BCUT2D eigenvalue weighted by atomic mass is 16.7. The molecule has 2 heteroatoms. The molecule has 0 radical (unpaired) electrons. The molecular formula is C10H18O2. The third kappa shape index (κ3) is 3.88. The number of hydrogen-bond donors (Lipinski definition) is 0. The van der Waals surface area contributed by atoms with Gasteiger partial charge in [-0.2, -0.15) is 0 Å². The second kappa shape index (κ2) is 6.21. The van der Waals surface area contributed by atoms with Crippen LogP contribution in [0.1, 0.15) is 32.1 Å². The molecule has 0 atom stereocenters. The highest BCUT2D eigenvalue weighted by molar-refractivity contribution is 4.65. The summed E-state index contributed by atoms with van der Waals surface area (Å²) in [7, 11) is 0. The van der Waals surface area contributed by atoms with Crippen molar-refractivity contribution in [2.75, 3.05) is 13.2 Å². The first kappa shape index (κ1) is 9.75. The van der Waals surface area contributed by atoms with Crippen LogP contribution in [0, 0.1) is 0 Å². The average Bonchev–Trinajstić information content (AvgIpc) is 2.14. The monoisotopic (exact) mass is 170 g/mol. The van der Waals surface area contributed by atoms with Crippen LogP contribution < -0.4 is 0 Å². The van der Waals surface area contributed by atoms with E-state index in [1.165, 1.54) is 12.8 Å². The SMILES string of the molecule is C=CCCCCC1OCCCO1. The molecule has 0 aromatic heterocycles. The molecule has 0 spiro atoms. The summed E-state index contributed by atoms with van der Waals surface area (Å²) in [5, 5.41) is 0. The average molecular weight is 170 g/mol. The van der Waals surface area contributed by atoms with E-state index in [4.69, 9.17) is 9.47 Å². The summed E-state index contributed by atoms with van der Waals surface area (Å²) in [4.78, 5) is 0. The van der Waals surface area contributed by atoms with E-state index in [0.717, 1.165) is 32.5 Å². The van der Waals surface area contributed by atoms with Crippen molar-refractivity contribution in [1.29, 1.82) is 0 Å². The Kier molecular flexibility index (Phi) is 5.04. The molecule has 0 saturated carbocycles. The van der Waals surface area contributed by atoms with Crippen LogP contribution in [-0.4, -0.2) is 19.5 Å². The first-order chi connectivity index (χ1) is 5.93. The van der Waals surface area contributed by atoms with Gasteiger partial charge in [0.2, 0.25) is 0 Å². The Labute approximate surface area is 74.6 Å². The minimum atomic E-state index is 0.0727. The summed E-state index contributed by atoms with van der Waals surface area (Å²) < 4.78 is 10.8. The molecule has 12 heavy (non-hydrogen) atoms. The molecular weight excluding hydrogens is 152 g/mol. The number of ether oxygens (including phenoxy) is 2. The number of rotatable bonds is 5. The Bertz CT molecular complexity index is 117. The van der Waals surface area contributed by atoms with Gasteiger partial charge in [0.25, 0.3) is 0 Å². The van der Waals surface area contributed by atoms with Crippen LogP contribution in [0.15, 0.2) is 12.7 Å². The topological polar surface area (TPSA) is 18.5 Å². The van der Waals surface area contributed by atoms with Crippen molar-refractivity contribution in [3.8, 4) is 0 Å². The molecule has 0 aromatic rings. The van der Waals surface area contributed by atoms with Crippen LogP contribution in [0.2, 0.25) is 0 Å². The van der Waals surface area contributed by atoms with E-state index in [1.807, 2.05) is 6.08 Å². The fourth-order valence-electron chi connectivity index (χ4n) is 1.30. The quantitative estimate of drug-likeness (QED) is 0.466. The van der Waals surface area contributed by atoms with Crippen LogP contribution in [0.4, 0.5) is 0 Å². The minimum Gasteiger partial charge on any atom is -0.353 e. The normalized spacial score (nSPS) is 19.3. The van der Waals surface area contributed by atoms with Gasteiger partial charge < -0.3 is 9.47 Å². The predicted molar refractivity (Wildman–Crippen MR) is 49.0 cm³/mol. The summed E-state index contributed by atoms with van der Waals surface area (Å²) in [6.45, 7) is 5.42. The fourth-order valence-corrected chi connectivity index (χ4v) is 1.30. The first-order valence-electron chi connectivity index (χ1n) is 4.77. The zero-order valence-corrected chi connectivity index (χ0v) is 7.63. The Morgan fingerprint density at radius 1 is 1.25 bits per heavy atom. The lowest BCUT2D eigenvalue weighted by molar-refractivity contribution is -0.181. The Hall–Kier alpha value is -0.340. The molecule has 0 unspecified atom stereocenters. The second-order valence-electron chi connectivity index (χ2n) is 3.10. The van der Waals surface area contributed by atoms with Gasteiger partial charge in [0.15, 0.2) is 6.29 Å². The van der Waals surface area contributed by atoms with E-state index in [0.29, 0.717) is 0 Å². The maximum absolute atomic E-state index is 5.41. The lowest BCUT2D eigenvalue weighted by atomic mass is 10.2. The van der Waals surface area contributed by atoms with Crippen LogP contribution in [-0.2, 0) is 9.47 Å². The van der Waals surface area contributed by atoms with Gasteiger partial charge in [-0.05, 0) is 32.1 Å². The number of hydrogen-bond acceptors (Lipinski definition) is 2. The van der Waals surface area contributed by atoms with Gasteiger partial charge >= 0.3 is 0 Å². The second-order valence-corrected chi connectivity index (χ2v) is 3.10. The van der Waals surface area contributed by atoms with Crippen molar-refractivity contribution in [2.45, 2.75) is 38.4 Å². The fraction of sp³-hybridized carbons (Fsp3) is 0.800. The molecule has 1 aliphatic heterocycles. The zero-order valence-electron chi connectivity index (χ0n) is 7.63. The van der Waals surface area contributed by atoms with Crippen molar-refractivity contribution >= 4 is 0 Å². The molecule has 0 N–H and O–H groups in total. The maximum Gasteiger partial charge on any atom is 0.157 e. The maximum atomic E-state index is 5.41. The predicted octanol–water partition coefficient (Wildman–Crippen LogP) is 2.50. The van der Waals surface area contributed by atoms with Crippen molar-refractivity contribution in [3.63, 3.8) is 0 Å². The molecule has 0 aliphatic carbocycles. The van der Waals surface area contributed by atoms with Gasteiger partial charge in [-0.3, -0.25) is 0 Å². The summed E-state index contributed by atoms with van der Waals surface area (Å²) >= 11 is 0.